The standard InChI is InChI=1S/C22H19N7O2/c1-12-6-7-16-13(10-12)11-17(29(16)2)20(31)28-22-25-15-5-3-4-14(18(15)26-22)19(30)27-21-23-8-9-24-21/h3-11H,1-2H3,(H2,23,24,27,30)(H2,25,26,28,31). The number of hydrogen-bond donors (Lipinski definition) is 4. The number of aromatic nitrogens is 5. The van der Waals surface area contributed by atoms with Crippen molar-refractivity contribution in [3.8, 4) is 0 Å². The first kappa shape index (κ1) is 18.6. The van der Waals surface area contributed by atoms with E-state index >= 15 is 0 Å². The molecule has 0 saturated heterocycles. The highest BCUT2D eigenvalue weighted by molar-refractivity contribution is 6.12. The summed E-state index contributed by atoms with van der Waals surface area (Å²) < 4.78 is 1.84. The van der Waals surface area contributed by atoms with Crippen LogP contribution in [0.4, 0.5) is 11.9 Å². The summed E-state index contributed by atoms with van der Waals surface area (Å²) in [6.45, 7) is 2.01. The molecule has 0 fully saturated rings. The lowest BCUT2D eigenvalue weighted by molar-refractivity contribution is 0.101. The summed E-state index contributed by atoms with van der Waals surface area (Å²) in [6.07, 6.45) is 3.17. The molecule has 2 amide bonds. The zero-order valence-corrected chi connectivity index (χ0v) is 16.9. The summed E-state index contributed by atoms with van der Waals surface area (Å²) in [6, 6.07) is 13.1. The van der Waals surface area contributed by atoms with Gasteiger partial charge in [-0.3, -0.25) is 20.2 Å². The Labute approximate surface area is 176 Å². The smallest absolute Gasteiger partial charge is 0.274 e. The van der Waals surface area contributed by atoms with Gasteiger partial charge in [0.25, 0.3) is 11.8 Å². The van der Waals surface area contributed by atoms with Crippen LogP contribution in [0.1, 0.15) is 26.4 Å². The van der Waals surface area contributed by atoms with Gasteiger partial charge in [0, 0.05) is 30.3 Å². The van der Waals surface area contributed by atoms with E-state index in [4.69, 9.17) is 0 Å². The quantitative estimate of drug-likeness (QED) is 0.360. The lowest BCUT2D eigenvalue weighted by Gasteiger charge is -2.04. The van der Waals surface area contributed by atoms with E-state index < -0.39 is 0 Å². The van der Waals surface area contributed by atoms with Crippen LogP contribution in [0.2, 0.25) is 0 Å². The van der Waals surface area contributed by atoms with Gasteiger partial charge in [0.15, 0.2) is 0 Å². The Kier molecular flexibility index (Phi) is 4.28. The predicted octanol–water partition coefficient (Wildman–Crippen LogP) is 3.59. The summed E-state index contributed by atoms with van der Waals surface area (Å²) in [5.41, 5.74) is 4.06. The number of hydrogen-bond acceptors (Lipinski definition) is 4. The van der Waals surface area contributed by atoms with Crippen LogP contribution in [0.3, 0.4) is 0 Å². The number of rotatable bonds is 4. The fraction of sp³-hybridized carbons (Fsp3) is 0.0909. The minimum Gasteiger partial charge on any atom is -0.340 e. The molecule has 5 aromatic rings. The van der Waals surface area contributed by atoms with Crippen LogP contribution in [0.25, 0.3) is 21.9 Å². The van der Waals surface area contributed by atoms with Gasteiger partial charge in [-0.25, -0.2) is 9.97 Å². The number of imidazole rings is 2. The molecule has 4 N–H and O–H groups in total. The summed E-state index contributed by atoms with van der Waals surface area (Å²) in [7, 11) is 1.85. The van der Waals surface area contributed by atoms with Gasteiger partial charge < -0.3 is 14.5 Å². The number of para-hydroxylation sites is 1. The molecule has 0 atom stereocenters. The monoisotopic (exact) mass is 413 g/mol. The van der Waals surface area contributed by atoms with Crippen molar-refractivity contribution in [3.63, 3.8) is 0 Å². The van der Waals surface area contributed by atoms with E-state index in [1.165, 1.54) is 0 Å². The molecule has 0 unspecified atom stereocenters. The predicted molar refractivity (Wildman–Crippen MR) is 118 cm³/mol. The summed E-state index contributed by atoms with van der Waals surface area (Å²) in [5.74, 6) is -0.0391. The van der Waals surface area contributed by atoms with E-state index in [1.807, 2.05) is 42.8 Å². The highest BCUT2D eigenvalue weighted by Crippen LogP contribution is 2.23. The van der Waals surface area contributed by atoms with Crippen molar-refractivity contribution in [1.82, 2.24) is 24.5 Å². The van der Waals surface area contributed by atoms with Crippen LogP contribution in [0, 0.1) is 6.92 Å². The maximum absolute atomic E-state index is 12.9. The molecule has 9 nitrogen and oxygen atoms in total. The van der Waals surface area contributed by atoms with Crippen molar-refractivity contribution in [2.75, 3.05) is 10.6 Å². The first-order valence-corrected chi connectivity index (χ1v) is 9.66. The number of aryl methyl sites for hydroxylation is 2. The zero-order valence-electron chi connectivity index (χ0n) is 16.9. The van der Waals surface area contributed by atoms with Crippen LogP contribution in [0.15, 0.2) is 54.9 Å². The molecule has 31 heavy (non-hydrogen) atoms. The first-order chi connectivity index (χ1) is 15.0. The molecule has 3 aromatic heterocycles. The Morgan fingerprint density at radius 3 is 2.68 bits per heavy atom. The topological polar surface area (TPSA) is 120 Å². The van der Waals surface area contributed by atoms with Crippen LogP contribution in [-0.4, -0.2) is 36.3 Å². The molecule has 9 heteroatoms. The lowest BCUT2D eigenvalue weighted by Crippen LogP contribution is -2.16. The maximum atomic E-state index is 12.9. The highest BCUT2D eigenvalue weighted by Gasteiger charge is 2.18. The number of amides is 2. The van der Waals surface area contributed by atoms with E-state index in [-0.39, 0.29) is 17.8 Å². The minimum absolute atomic E-state index is 0.264. The Balaban J connectivity index is 1.44. The van der Waals surface area contributed by atoms with Gasteiger partial charge >= 0.3 is 0 Å². The van der Waals surface area contributed by atoms with Crippen LogP contribution < -0.4 is 10.6 Å². The second kappa shape index (κ2) is 7.13. The molecule has 3 heterocycles. The fourth-order valence-electron chi connectivity index (χ4n) is 3.64. The molecular formula is C22H19N7O2. The van der Waals surface area contributed by atoms with Crippen LogP contribution >= 0.6 is 0 Å². The molecule has 0 aliphatic rings. The Bertz CT molecular complexity index is 1440. The third kappa shape index (κ3) is 3.31. The van der Waals surface area contributed by atoms with Crippen molar-refractivity contribution in [2.45, 2.75) is 6.92 Å². The van der Waals surface area contributed by atoms with E-state index in [0.717, 1.165) is 16.5 Å². The van der Waals surface area contributed by atoms with Crippen LogP contribution in [0.5, 0.6) is 0 Å². The molecule has 5 rings (SSSR count). The normalized spacial score (nSPS) is 11.2. The van der Waals surface area contributed by atoms with Crippen molar-refractivity contribution in [1.29, 1.82) is 0 Å². The summed E-state index contributed by atoms with van der Waals surface area (Å²) in [5, 5.41) is 6.48. The van der Waals surface area contributed by atoms with Gasteiger partial charge in [-0.2, -0.15) is 0 Å². The van der Waals surface area contributed by atoms with E-state index in [1.54, 1.807) is 30.6 Å². The number of carbonyl (C=O) groups excluding carboxylic acids is 2. The summed E-state index contributed by atoms with van der Waals surface area (Å²) in [4.78, 5) is 39.9. The number of benzene rings is 2. The van der Waals surface area contributed by atoms with E-state index in [0.29, 0.717) is 28.2 Å². The van der Waals surface area contributed by atoms with Crippen molar-refractivity contribution < 1.29 is 9.59 Å². The van der Waals surface area contributed by atoms with Crippen molar-refractivity contribution in [2.24, 2.45) is 7.05 Å². The highest BCUT2D eigenvalue weighted by atomic mass is 16.2. The molecular weight excluding hydrogens is 394 g/mol. The Hall–Kier alpha value is -4.40. The Morgan fingerprint density at radius 2 is 1.87 bits per heavy atom. The largest absolute Gasteiger partial charge is 0.340 e. The zero-order chi connectivity index (χ0) is 21.5. The molecule has 2 aromatic carbocycles. The van der Waals surface area contributed by atoms with E-state index in [2.05, 4.69) is 30.6 Å². The number of nitrogens with zero attached hydrogens (tertiary/aromatic N) is 3. The molecule has 0 aliphatic heterocycles. The van der Waals surface area contributed by atoms with Gasteiger partial charge in [0.05, 0.1) is 11.1 Å². The maximum Gasteiger partial charge on any atom is 0.274 e. The van der Waals surface area contributed by atoms with Crippen molar-refractivity contribution >= 4 is 45.6 Å². The summed E-state index contributed by atoms with van der Waals surface area (Å²) >= 11 is 0. The first-order valence-electron chi connectivity index (χ1n) is 9.66. The van der Waals surface area contributed by atoms with Gasteiger partial charge in [-0.15, -0.1) is 0 Å². The molecule has 154 valence electrons. The number of H-pyrrole nitrogens is 2. The van der Waals surface area contributed by atoms with Gasteiger partial charge in [-0.05, 0) is 37.3 Å². The third-order valence-electron chi connectivity index (χ3n) is 5.15. The molecule has 0 spiro atoms. The average Bonchev–Trinajstić information content (AvgIpc) is 3.46. The molecule has 0 bridgehead atoms. The van der Waals surface area contributed by atoms with Crippen LogP contribution in [-0.2, 0) is 7.05 Å². The minimum atomic E-state index is -0.353. The van der Waals surface area contributed by atoms with Gasteiger partial charge in [0.1, 0.15) is 11.2 Å². The lowest BCUT2D eigenvalue weighted by atomic mass is 10.2. The van der Waals surface area contributed by atoms with Gasteiger partial charge in [0.2, 0.25) is 11.9 Å². The number of carbonyl (C=O) groups is 2. The number of anilines is 2. The Morgan fingerprint density at radius 1 is 1.03 bits per heavy atom. The fourth-order valence-corrected chi connectivity index (χ4v) is 3.64. The number of aromatic amines is 2. The average molecular weight is 413 g/mol. The van der Waals surface area contributed by atoms with Crippen molar-refractivity contribution in [3.05, 3.63) is 71.7 Å². The number of nitrogens with one attached hydrogen (secondary N) is 4. The number of fused-ring (bicyclic) bond motifs is 2. The molecule has 0 radical (unpaired) electrons. The van der Waals surface area contributed by atoms with Gasteiger partial charge in [-0.1, -0.05) is 17.7 Å². The second-order valence-corrected chi connectivity index (χ2v) is 7.28. The molecule has 0 aliphatic carbocycles. The third-order valence-corrected chi connectivity index (χ3v) is 5.15. The molecule has 0 saturated carbocycles. The van der Waals surface area contributed by atoms with E-state index in [9.17, 15) is 9.59 Å². The SMILES string of the molecule is Cc1ccc2c(c1)cc(C(=O)Nc1nc3c(C(=O)Nc4ncc[nH]4)cccc3[nH]1)n2C. The second-order valence-electron chi connectivity index (χ2n) is 7.28.